The second-order valence-electron chi connectivity index (χ2n) is 6.41. The molecule has 1 N–H and O–H groups in total. The first-order valence-electron chi connectivity index (χ1n) is 6.62. The molecule has 0 amide bonds. The predicted molar refractivity (Wildman–Crippen MR) is 74.3 cm³/mol. The van der Waals surface area contributed by atoms with Crippen molar-refractivity contribution in [3.63, 3.8) is 0 Å². The van der Waals surface area contributed by atoms with Crippen molar-refractivity contribution < 1.29 is 18.4 Å². The fourth-order valence-electron chi connectivity index (χ4n) is 2.81. The number of ether oxygens (including phenoxy) is 1. The van der Waals surface area contributed by atoms with Gasteiger partial charge in [0, 0.05) is 6.07 Å². The van der Waals surface area contributed by atoms with E-state index in [0.717, 1.165) is 0 Å². The van der Waals surface area contributed by atoms with Gasteiger partial charge in [-0.25, -0.2) is 8.78 Å². The molecule has 116 valence electrons. The zero-order valence-corrected chi connectivity index (χ0v) is 12.4. The molecule has 0 bridgehead atoms. The van der Waals surface area contributed by atoms with Crippen molar-refractivity contribution in [3.05, 3.63) is 33.9 Å². The van der Waals surface area contributed by atoms with Gasteiger partial charge in [0.15, 0.2) is 5.82 Å². The Morgan fingerprint density at radius 1 is 1.33 bits per heavy atom. The van der Waals surface area contributed by atoms with Crippen LogP contribution in [0.1, 0.15) is 34.1 Å². The summed E-state index contributed by atoms with van der Waals surface area (Å²) >= 11 is 0. The van der Waals surface area contributed by atoms with E-state index in [-0.39, 0.29) is 11.7 Å². The molecule has 7 heteroatoms. The van der Waals surface area contributed by atoms with Crippen LogP contribution >= 0.6 is 0 Å². The van der Waals surface area contributed by atoms with E-state index in [1.807, 2.05) is 27.7 Å². The van der Waals surface area contributed by atoms with Gasteiger partial charge in [-0.05, 0) is 34.1 Å². The Hall–Kier alpha value is -1.76. The van der Waals surface area contributed by atoms with Crippen molar-refractivity contribution in [1.82, 2.24) is 0 Å². The molecule has 1 heterocycles. The Morgan fingerprint density at radius 2 is 1.95 bits per heavy atom. The maximum atomic E-state index is 13.9. The topological polar surface area (TPSA) is 64.4 Å². The zero-order valence-electron chi connectivity index (χ0n) is 12.4. The van der Waals surface area contributed by atoms with Crippen LogP contribution in [-0.2, 0) is 4.74 Å². The van der Waals surface area contributed by atoms with Crippen molar-refractivity contribution in [2.24, 2.45) is 0 Å². The zero-order chi connectivity index (χ0) is 16.0. The van der Waals surface area contributed by atoms with Gasteiger partial charge in [0.25, 0.3) is 5.69 Å². The molecule has 1 fully saturated rings. The van der Waals surface area contributed by atoms with Crippen molar-refractivity contribution in [2.75, 3.05) is 5.32 Å². The largest absolute Gasteiger partial charge is 0.371 e. The molecule has 1 atom stereocenters. The highest BCUT2D eigenvalue weighted by atomic mass is 19.1. The molecule has 0 aromatic heterocycles. The molecule has 2 rings (SSSR count). The van der Waals surface area contributed by atoms with Gasteiger partial charge in [-0.3, -0.25) is 10.1 Å². The summed E-state index contributed by atoms with van der Waals surface area (Å²) in [6.07, 6.45) is 0.550. The van der Waals surface area contributed by atoms with E-state index in [1.165, 1.54) is 0 Å². The molecule has 1 aromatic rings. The number of anilines is 1. The Kier molecular flexibility index (Phi) is 3.65. The average molecular weight is 300 g/mol. The number of nitro benzene ring substituents is 1. The van der Waals surface area contributed by atoms with Crippen LogP contribution in [0.2, 0.25) is 0 Å². The van der Waals surface area contributed by atoms with Gasteiger partial charge in [0.05, 0.1) is 28.2 Å². The fraction of sp³-hybridized carbons (Fsp3) is 0.571. The van der Waals surface area contributed by atoms with E-state index in [9.17, 15) is 18.9 Å². The monoisotopic (exact) mass is 300 g/mol. The average Bonchev–Trinajstić information content (AvgIpc) is 2.49. The maximum Gasteiger partial charge on any atom is 0.298 e. The van der Waals surface area contributed by atoms with E-state index >= 15 is 0 Å². The second kappa shape index (κ2) is 4.91. The van der Waals surface area contributed by atoms with Crippen molar-refractivity contribution in [1.29, 1.82) is 0 Å². The minimum atomic E-state index is -0.984. The minimum Gasteiger partial charge on any atom is -0.371 e. The normalized spacial score (nSPS) is 23.0. The summed E-state index contributed by atoms with van der Waals surface area (Å²) in [7, 11) is 0. The molecule has 1 saturated heterocycles. The SMILES string of the molecule is CC1(C)CC(Nc2c(F)cc(F)cc2[N+](=O)[O-])C(C)(C)O1. The molecular weight excluding hydrogens is 282 g/mol. The maximum absolute atomic E-state index is 13.9. The van der Waals surface area contributed by atoms with Crippen LogP contribution in [0.25, 0.3) is 0 Å². The molecule has 5 nitrogen and oxygen atoms in total. The highest BCUT2D eigenvalue weighted by molar-refractivity contribution is 5.63. The summed E-state index contributed by atoms with van der Waals surface area (Å²) in [5.41, 5.74) is -1.97. The number of halogens is 2. The van der Waals surface area contributed by atoms with Gasteiger partial charge in [0.1, 0.15) is 11.5 Å². The third kappa shape index (κ3) is 3.12. The van der Waals surface area contributed by atoms with Gasteiger partial charge < -0.3 is 10.1 Å². The number of nitrogens with zero attached hydrogens (tertiary/aromatic N) is 1. The Labute approximate surface area is 121 Å². The molecule has 0 aliphatic carbocycles. The van der Waals surface area contributed by atoms with Crippen LogP contribution in [-0.4, -0.2) is 22.2 Å². The number of hydrogen-bond acceptors (Lipinski definition) is 4. The van der Waals surface area contributed by atoms with Crippen LogP contribution in [0.15, 0.2) is 12.1 Å². The summed E-state index contributed by atoms with van der Waals surface area (Å²) in [6.45, 7) is 7.44. The van der Waals surface area contributed by atoms with Crippen LogP contribution in [0.5, 0.6) is 0 Å². The molecule has 0 saturated carbocycles. The van der Waals surface area contributed by atoms with E-state index in [1.54, 1.807) is 0 Å². The summed E-state index contributed by atoms with van der Waals surface area (Å²) < 4.78 is 32.9. The lowest BCUT2D eigenvalue weighted by Gasteiger charge is -2.28. The summed E-state index contributed by atoms with van der Waals surface area (Å²) in [4.78, 5) is 10.2. The second-order valence-corrected chi connectivity index (χ2v) is 6.41. The molecule has 1 aliphatic heterocycles. The van der Waals surface area contributed by atoms with Gasteiger partial charge in [0.2, 0.25) is 0 Å². The van der Waals surface area contributed by atoms with E-state index in [0.29, 0.717) is 18.6 Å². The molecule has 1 aliphatic rings. The van der Waals surface area contributed by atoms with E-state index in [2.05, 4.69) is 5.32 Å². The van der Waals surface area contributed by atoms with Gasteiger partial charge in [-0.2, -0.15) is 0 Å². The Balaban J connectivity index is 2.38. The van der Waals surface area contributed by atoms with Gasteiger partial charge >= 0.3 is 0 Å². The standard InChI is InChI=1S/C14H18F2N2O3/c1-13(2)7-11(14(3,4)21-13)17-12-9(16)5-8(15)6-10(12)18(19)20/h5-6,11,17H,7H2,1-4H3. The highest BCUT2D eigenvalue weighted by Gasteiger charge is 2.46. The first-order valence-corrected chi connectivity index (χ1v) is 6.62. The molecule has 0 spiro atoms. The predicted octanol–water partition coefficient (Wildman–Crippen LogP) is 3.63. The van der Waals surface area contributed by atoms with Crippen LogP contribution in [0.3, 0.4) is 0 Å². The highest BCUT2D eigenvalue weighted by Crippen LogP contribution is 2.40. The number of nitrogens with one attached hydrogen (secondary N) is 1. The van der Waals surface area contributed by atoms with Gasteiger partial charge in [-0.15, -0.1) is 0 Å². The molecule has 0 radical (unpaired) electrons. The van der Waals surface area contributed by atoms with Crippen LogP contribution < -0.4 is 5.32 Å². The van der Waals surface area contributed by atoms with E-state index in [4.69, 9.17) is 4.74 Å². The number of nitro groups is 1. The molecule has 21 heavy (non-hydrogen) atoms. The fourth-order valence-corrected chi connectivity index (χ4v) is 2.81. The lowest BCUT2D eigenvalue weighted by atomic mass is 9.94. The number of benzene rings is 1. The van der Waals surface area contributed by atoms with Gasteiger partial charge in [-0.1, -0.05) is 0 Å². The first-order chi connectivity index (χ1) is 9.52. The van der Waals surface area contributed by atoms with Crippen LogP contribution in [0.4, 0.5) is 20.2 Å². The third-order valence-electron chi connectivity index (χ3n) is 3.62. The molecular formula is C14H18F2N2O3. The molecule has 1 aromatic carbocycles. The number of rotatable bonds is 3. The smallest absolute Gasteiger partial charge is 0.298 e. The van der Waals surface area contributed by atoms with Crippen LogP contribution in [0, 0.1) is 21.7 Å². The summed E-state index contributed by atoms with van der Waals surface area (Å²) in [6, 6.07) is 1.01. The van der Waals surface area contributed by atoms with Crippen molar-refractivity contribution >= 4 is 11.4 Å². The minimum absolute atomic E-state index is 0.305. The Bertz CT molecular complexity index is 588. The van der Waals surface area contributed by atoms with Crippen molar-refractivity contribution in [2.45, 2.75) is 51.4 Å². The molecule has 1 unspecified atom stereocenters. The van der Waals surface area contributed by atoms with Crippen molar-refractivity contribution in [3.8, 4) is 0 Å². The lowest BCUT2D eigenvalue weighted by Crippen LogP contribution is -2.38. The number of hydrogen-bond donors (Lipinski definition) is 1. The quantitative estimate of drug-likeness (QED) is 0.684. The lowest BCUT2D eigenvalue weighted by molar-refractivity contribution is -0.384. The first kappa shape index (κ1) is 15.6. The van der Waals surface area contributed by atoms with E-state index < -0.39 is 33.4 Å². The third-order valence-corrected chi connectivity index (χ3v) is 3.62. The Morgan fingerprint density at radius 3 is 2.43 bits per heavy atom. The summed E-state index contributed by atoms with van der Waals surface area (Å²) in [5.74, 6) is -1.96. The summed E-state index contributed by atoms with van der Waals surface area (Å²) in [5, 5.41) is 13.8.